The molecule has 0 saturated carbocycles. The highest BCUT2D eigenvalue weighted by Gasteiger charge is 2.42. The third-order valence-corrected chi connectivity index (χ3v) is 21.0. The monoisotopic (exact) mass is 1860 g/mol. The molecule has 0 aliphatic heterocycles. The molecule has 0 spiro atoms. The summed E-state index contributed by atoms with van der Waals surface area (Å²) in [5.41, 5.74) is 4.32. The second-order valence-corrected chi connectivity index (χ2v) is 32.1. The van der Waals surface area contributed by atoms with Gasteiger partial charge in [-0.15, -0.1) is 0 Å². The molecule has 0 heterocycles. The number of hydrogen-bond donors (Lipinski definition) is 28. The number of nitrogens with two attached hydrogens (primary N) is 1. The zero-order valence-electron chi connectivity index (χ0n) is 72.2. The van der Waals surface area contributed by atoms with Gasteiger partial charge in [0.15, 0.2) is 0 Å². The van der Waals surface area contributed by atoms with Gasteiger partial charge in [0.25, 0.3) is 0 Å². The summed E-state index contributed by atoms with van der Waals surface area (Å²) in [6.07, 6.45) is -0.241. The molecule has 10 aromatic rings. The highest BCUT2D eigenvalue weighted by molar-refractivity contribution is 6.02. The summed E-state index contributed by atoms with van der Waals surface area (Å²) in [4.78, 5) is 192. The van der Waals surface area contributed by atoms with E-state index in [-0.39, 0.29) is 51.3 Å². The van der Waals surface area contributed by atoms with Crippen LogP contribution in [-0.4, -0.2) is 178 Å². The number of benzene rings is 10. The lowest BCUT2D eigenvalue weighted by Gasteiger charge is -2.30. The van der Waals surface area contributed by atoms with Gasteiger partial charge in [-0.3, -0.25) is 62.3 Å². The van der Waals surface area contributed by atoms with Gasteiger partial charge in [0.05, 0.1) is 0 Å². The Morgan fingerprint density at radius 1 is 0.230 bits per heavy atom. The molecular formula is C94H97N13O28. The molecule has 12 amide bonds. The van der Waals surface area contributed by atoms with Gasteiger partial charge < -0.3 is 146 Å². The Labute approximate surface area is 767 Å². The van der Waals surface area contributed by atoms with E-state index in [1.54, 1.807) is 30.3 Å². The van der Waals surface area contributed by atoms with Gasteiger partial charge in [-0.25, -0.2) is 0 Å². The average Bonchev–Trinajstić information content (AvgIpc) is 0.834. The standard InChI is InChI=1S/C94H97N13O28/c1-43(2)72(98-89(129)77(51-28-60(112)38-61(113)29-51)100-83(123)71(95)47-11-19-56(108)20-12-47)84(124)105-80(54-34-66(118)41-67(119)35-54)92(132)102-76(50-17-25-59(111)26-18-50)88(128)107-81(55-36-68(120)42-69(121)37-55)93(133)103-75(49-15-23-58(110)24-16-49)87(127)106-78(52-30-62(114)39-63(115)31-52)90(130)99-73(44(3)4)85(125)104-79(53-32-64(116)40-65(117)33-53)91(131)101-74(48-13-21-57(109)22-14-48)86(126)97-70(27-46-9-7-6-8-10-46)82(122)96-45(5)94(134)135/h6-26,28-45,70-81,108-121H,27,95H2,1-5H3,(H,96,122)(H,97,126)(H,98,129)(H,99,130)(H,100,123)(H,101,131)(H,102,132)(H,103,133)(H,104,125)(H,105,124)(H,106,127)(H,107,128)(H,134,135)/t45-,70-,71+,72-,73-,74-,75-,76-,77+,78+,79+,80+,81+/m0/s1. The van der Waals surface area contributed by atoms with Crippen LogP contribution in [0.2, 0.25) is 0 Å². The molecule has 0 radical (unpaired) electrons. The van der Waals surface area contributed by atoms with E-state index in [0.717, 1.165) is 152 Å². The van der Waals surface area contributed by atoms with E-state index < -0.39 is 253 Å². The molecule has 0 aliphatic rings. The van der Waals surface area contributed by atoms with E-state index in [0.29, 0.717) is 5.56 Å². The molecule has 706 valence electrons. The smallest absolute Gasteiger partial charge is 0.325 e. The first-order valence-corrected chi connectivity index (χ1v) is 41.3. The Kier molecular flexibility index (Phi) is 32.6. The molecule has 13 atom stereocenters. The third kappa shape index (κ3) is 26.8. The summed E-state index contributed by atoms with van der Waals surface area (Å²) in [5, 5.41) is 189. The molecule has 41 nitrogen and oxygen atoms in total. The lowest BCUT2D eigenvalue weighted by atomic mass is 9.97. The average molecular weight is 1860 g/mol. The number of carboxylic acid groups (broad SMARTS) is 1. The van der Waals surface area contributed by atoms with E-state index in [1.165, 1.54) is 71.0 Å². The van der Waals surface area contributed by atoms with Crippen LogP contribution in [0.5, 0.6) is 80.5 Å². The van der Waals surface area contributed by atoms with Crippen molar-refractivity contribution < 1.29 is 139 Å². The maximum atomic E-state index is 15.6. The van der Waals surface area contributed by atoms with Crippen LogP contribution in [0.15, 0.2) is 218 Å². The number of carbonyl (C=O) groups excluding carboxylic acids is 12. The summed E-state index contributed by atoms with van der Waals surface area (Å²) in [6.45, 7) is 6.82. The van der Waals surface area contributed by atoms with Crippen molar-refractivity contribution in [3.05, 3.63) is 274 Å². The lowest BCUT2D eigenvalue weighted by molar-refractivity contribution is -0.141. The Hall–Kier alpha value is -17.5. The normalized spacial score (nSPS) is 14.0. The number of carbonyl (C=O) groups is 13. The minimum absolute atomic E-state index is 0.0700. The highest BCUT2D eigenvalue weighted by Crippen LogP contribution is 2.35. The van der Waals surface area contributed by atoms with Gasteiger partial charge in [0, 0.05) is 36.8 Å². The first-order chi connectivity index (χ1) is 63.8. The van der Waals surface area contributed by atoms with Gasteiger partial charge in [-0.05, 0) is 184 Å². The van der Waals surface area contributed by atoms with Crippen molar-refractivity contribution in [3.63, 3.8) is 0 Å². The molecule has 0 bridgehead atoms. The summed E-state index contributed by atoms with van der Waals surface area (Å²) in [7, 11) is 0. The second-order valence-electron chi connectivity index (χ2n) is 32.1. The Balaban J connectivity index is 0.956. The van der Waals surface area contributed by atoms with Crippen LogP contribution in [0.3, 0.4) is 0 Å². The molecule has 41 heteroatoms. The van der Waals surface area contributed by atoms with Crippen molar-refractivity contribution in [2.24, 2.45) is 17.6 Å². The lowest BCUT2D eigenvalue weighted by Crippen LogP contribution is -2.56. The second kappa shape index (κ2) is 44.2. The number of hydrogen-bond acceptors (Lipinski definition) is 28. The van der Waals surface area contributed by atoms with Crippen LogP contribution >= 0.6 is 0 Å². The minimum Gasteiger partial charge on any atom is -0.508 e. The number of carboxylic acids is 1. The molecule has 135 heavy (non-hydrogen) atoms. The van der Waals surface area contributed by atoms with Crippen LogP contribution in [0.25, 0.3) is 0 Å². The number of nitrogens with one attached hydrogen (secondary N) is 12. The third-order valence-electron chi connectivity index (χ3n) is 21.0. The number of phenolic OH excluding ortho intramolecular Hbond substituents is 14. The van der Waals surface area contributed by atoms with Gasteiger partial charge in [0.2, 0.25) is 70.9 Å². The zero-order chi connectivity index (χ0) is 98.7. The molecule has 10 aromatic carbocycles. The fourth-order valence-electron chi connectivity index (χ4n) is 14.2. The van der Waals surface area contributed by atoms with Crippen LogP contribution < -0.4 is 69.5 Å². The summed E-state index contributed by atoms with van der Waals surface area (Å²) in [5.74, 6) is -26.9. The number of aliphatic carboxylic acids is 1. The van der Waals surface area contributed by atoms with Crippen LogP contribution in [-0.2, 0) is 68.7 Å². The molecular weight excluding hydrogens is 1760 g/mol. The Morgan fingerprint density at radius 3 is 0.689 bits per heavy atom. The SMILES string of the molecule is CC(C)[C@H](NC(=O)[C@H](NC(=O)[C@@H](NC(=O)[C@H](NC(=O)[C@@H](NC(=O)[C@H](NC(=O)[C@@H](NC(=O)[C@H](NC(=O)[C@H](N)c1ccc(O)cc1)c1cc(O)cc(O)c1)C(C)C)c1cc(O)cc(O)c1)c1ccc(O)cc1)c1cc(O)cc(O)c1)c1ccc(O)cc1)c1cc(O)cc(O)c1)C(=O)N[C@@H](C(=O)N[C@H](C(=O)N[C@@H](Cc1ccccc1)C(=O)N[C@@H](C)C(=O)O)c1ccc(O)cc1)c1cc(O)cc(O)c1. The molecule has 0 saturated heterocycles. The highest BCUT2D eigenvalue weighted by atomic mass is 16.4. The topological polar surface area (TPSA) is 696 Å². The first-order valence-electron chi connectivity index (χ1n) is 41.3. The fraction of sp³-hybridized carbons (Fsp3) is 0.223. The predicted molar refractivity (Wildman–Crippen MR) is 476 cm³/mol. The van der Waals surface area contributed by atoms with Crippen LogP contribution in [0.1, 0.15) is 145 Å². The van der Waals surface area contributed by atoms with Crippen molar-refractivity contribution in [3.8, 4) is 80.5 Å². The summed E-state index contributed by atoms with van der Waals surface area (Å²) < 4.78 is 0. The van der Waals surface area contributed by atoms with Crippen LogP contribution in [0.4, 0.5) is 0 Å². The quantitative estimate of drug-likeness (QED) is 0.0260. The largest absolute Gasteiger partial charge is 0.508 e. The Morgan fingerprint density at radius 2 is 0.444 bits per heavy atom. The van der Waals surface area contributed by atoms with Gasteiger partial charge in [0.1, 0.15) is 159 Å². The van der Waals surface area contributed by atoms with Gasteiger partial charge in [-0.2, -0.15) is 0 Å². The van der Waals surface area contributed by atoms with E-state index in [1.807, 2.05) is 0 Å². The summed E-state index contributed by atoms with van der Waals surface area (Å²) in [6, 6.07) is 14.9. The maximum absolute atomic E-state index is 15.6. The summed E-state index contributed by atoms with van der Waals surface area (Å²) >= 11 is 0. The number of amides is 12. The number of aromatic hydroxyl groups is 14. The van der Waals surface area contributed by atoms with Crippen molar-refractivity contribution >= 4 is 76.9 Å². The van der Waals surface area contributed by atoms with Crippen LogP contribution in [0, 0.1) is 11.8 Å². The predicted octanol–water partition coefficient (Wildman–Crippen LogP) is 4.02. The van der Waals surface area contributed by atoms with E-state index in [4.69, 9.17) is 5.73 Å². The van der Waals surface area contributed by atoms with Crippen molar-refractivity contribution in [2.45, 2.75) is 120 Å². The molecule has 0 unspecified atom stereocenters. The van der Waals surface area contributed by atoms with Crippen molar-refractivity contribution in [2.75, 3.05) is 0 Å². The first kappa shape index (κ1) is 99.6. The Bertz CT molecular complexity index is 5970. The van der Waals surface area contributed by atoms with E-state index in [2.05, 4.69) is 63.8 Å². The minimum atomic E-state index is -2.29. The maximum Gasteiger partial charge on any atom is 0.325 e. The van der Waals surface area contributed by atoms with E-state index >= 15 is 33.6 Å². The van der Waals surface area contributed by atoms with Crippen molar-refractivity contribution in [1.29, 1.82) is 0 Å². The number of rotatable bonds is 38. The van der Waals surface area contributed by atoms with Gasteiger partial charge in [-0.1, -0.05) is 107 Å². The van der Waals surface area contributed by atoms with Crippen molar-refractivity contribution in [1.82, 2.24) is 63.8 Å². The molecule has 0 aliphatic carbocycles. The molecule has 0 aromatic heterocycles. The number of phenols is 14. The van der Waals surface area contributed by atoms with Gasteiger partial charge >= 0.3 is 5.97 Å². The van der Waals surface area contributed by atoms with E-state index in [9.17, 15) is 105 Å². The molecule has 0 fully saturated rings. The molecule has 10 rings (SSSR count). The molecule has 29 N–H and O–H groups in total. The zero-order valence-corrected chi connectivity index (χ0v) is 72.2. The fourth-order valence-corrected chi connectivity index (χ4v) is 14.2.